The highest BCUT2D eigenvalue weighted by Crippen LogP contribution is 2.42. The molecule has 1 aliphatic rings. The van der Waals surface area contributed by atoms with E-state index in [-0.39, 0.29) is 0 Å². The van der Waals surface area contributed by atoms with Gasteiger partial charge in [-0.2, -0.15) is 0 Å². The second-order valence-corrected chi connectivity index (χ2v) is 3.72. The first-order valence-corrected chi connectivity index (χ1v) is 3.91. The fourth-order valence-corrected chi connectivity index (χ4v) is 1.76. The average Bonchev–Trinajstić information content (AvgIpc) is 1.81. The summed E-state index contributed by atoms with van der Waals surface area (Å²) in [5.41, 5.74) is 6.18. The van der Waals surface area contributed by atoms with Crippen molar-refractivity contribution >= 4 is 0 Å². The van der Waals surface area contributed by atoms with Crippen molar-refractivity contribution in [1.82, 2.24) is 0 Å². The van der Waals surface area contributed by atoms with E-state index < -0.39 is 0 Å². The molecule has 1 fully saturated rings. The second kappa shape index (κ2) is 2.89. The molecule has 0 saturated heterocycles. The van der Waals surface area contributed by atoms with Gasteiger partial charge in [0.25, 0.3) is 0 Å². The summed E-state index contributed by atoms with van der Waals surface area (Å²) in [6.07, 6.45) is 3.52. The fourth-order valence-electron chi connectivity index (χ4n) is 1.76. The summed E-state index contributed by atoms with van der Waals surface area (Å²) >= 11 is 0. The van der Waals surface area contributed by atoms with Crippen molar-refractivity contribution in [2.24, 2.45) is 11.1 Å². The maximum atomic E-state index is 5.68. The molecule has 2 nitrogen and oxygen atoms in total. The lowest BCUT2D eigenvalue weighted by atomic mass is 9.65. The minimum Gasteiger partial charge on any atom is -0.385 e. The predicted octanol–water partition coefficient (Wildman–Crippen LogP) is 1.15. The van der Waals surface area contributed by atoms with E-state index in [1.54, 1.807) is 7.11 Å². The van der Waals surface area contributed by atoms with Gasteiger partial charge in [0.15, 0.2) is 0 Å². The highest BCUT2D eigenvalue weighted by Gasteiger charge is 2.37. The quantitative estimate of drug-likeness (QED) is 0.643. The molecule has 0 aromatic heterocycles. The van der Waals surface area contributed by atoms with Crippen molar-refractivity contribution < 1.29 is 4.74 Å². The molecule has 1 aliphatic carbocycles. The first-order valence-electron chi connectivity index (χ1n) is 3.91. The summed E-state index contributed by atoms with van der Waals surface area (Å²) in [5.74, 6) is 0. The molecule has 0 spiro atoms. The summed E-state index contributed by atoms with van der Waals surface area (Å²) in [6, 6.07) is 0.460. The van der Waals surface area contributed by atoms with Gasteiger partial charge in [-0.25, -0.2) is 0 Å². The monoisotopic (exact) mass is 143 g/mol. The highest BCUT2D eigenvalue weighted by atomic mass is 16.5. The SMILES string of the molecule is COCC[C@]1(C)C[C@H](N)C1. The van der Waals surface area contributed by atoms with E-state index in [2.05, 4.69) is 6.92 Å². The Labute approximate surface area is 62.7 Å². The van der Waals surface area contributed by atoms with E-state index in [1.165, 1.54) is 12.8 Å². The Balaban J connectivity index is 2.15. The molecule has 0 unspecified atom stereocenters. The minimum atomic E-state index is 0.460. The third kappa shape index (κ3) is 1.70. The van der Waals surface area contributed by atoms with Gasteiger partial charge in [-0.3, -0.25) is 0 Å². The number of ether oxygens (including phenoxy) is 1. The van der Waals surface area contributed by atoms with Crippen molar-refractivity contribution in [3.63, 3.8) is 0 Å². The number of nitrogens with two attached hydrogens (primary N) is 1. The van der Waals surface area contributed by atoms with E-state index in [9.17, 15) is 0 Å². The molecular formula is C8H17NO. The molecule has 0 aromatic rings. The summed E-state index contributed by atoms with van der Waals surface area (Å²) in [4.78, 5) is 0. The lowest BCUT2D eigenvalue weighted by Crippen LogP contribution is -2.44. The van der Waals surface area contributed by atoms with Gasteiger partial charge in [-0.15, -0.1) is 0 Å². The van der Waals surface area contributed by atoms with E-state index in [0.29, 0.717) is 11.5 Å². The van der Waals surface area contributed by atoms with Gasteiger partial charge in [0.1, 0.15) is 0 Å². The zero-order valence-corrected chi connectivity index (χ0v) is 6.89. The number of rotatable bonds is 3. The van der Waals surface area contributed by atoms with Crippen LogP contribution in [0.5, 0.6) is 0 Å². The molecule has 0 atom stereocenters. The largest absolute Gasteiger partial charge is 0.385 e. The molecule has 2 N–H and O–H groups in total. The molecule has 60 valence electrons. The van der Waals surface area contributed by atoms with Crippen LogP contribution in [0.15, 0.2) is 0 Å². The fraction of sp³-hybridized carbons (Fsp3) is 1.00. The van der Waals surface area contributed by atoms with Crippen LogP contribution in [0.1, 0.15) is 26.2 Å². The zero-order chi connectivity index (χ0) is 7.61. The number of hydrogen-bond donors (Lipinski definition) is 1. The van der Waals surface area contributed by atoms with Gasteiger partial charge in [0.2, 0.25) is 0 Å². The van der Waals surface area contributed by atoms with Crippen molar-refractivity contribution in [3.05, 3.63) is 0 Å². The van der Waals surface area contributed by atoms with Crippen LogP contribution in [0, 0.1) is 5.41 Å². The topological polar surface area (TPSA) is 35.2 Å². The van der Waals surface area contributed by atoms with Gasteiger partial charge in [-0.1, -0.05) is 6.92 Å². The Morgan fingerprint density at radius 1 is 1.60 bits per heavy atom. The van der Waals surface area contributed by atoms with E-state index in [4.69, 9.17) is 10.5 Å². The minimum absolute atomic E-state index is 0.460. The van der Waals surface area contributed by atoms with E-state index in [1.807, 2.05) is 0 Å². The van der Waals surface area contributed by atoms with Crippen LogP contribution >= 0.6 is 0 Å². The van der Waals surface area contributed by atoms with Gasteiger partial charge < -0.3 is 10.5 Å². The third-order valence-electron chi connectivity index (χ3n) is 2.42. The van der Waals surface area contributed by atoms with Crippen molar-refractivity contribution in [2.45, 2.75) is 32.2 Å². The highest BCUT2D eigenvalue weighted by molar-refractivity contribution is 4.92. The number of hydrogen-bond acceptors (Lipinski definition) is 2. The Morgan fingerprint density at radius 2 is 2.20 bits per heavy atom. The van der Waals surface area contributed by atoms with Crippen LogP contribution < -0.4 is 5.73 Å². The maximum absolute atomic E-state index is 5.68. The first kappa shape index (κ1) is 8.02. The standard InChI is InChI=1S/C8H17NO/c1-8(3-4-10-2)5-7(9)6-8/h7H,3-6,9H2,1-2H3/t7-,8+. The molecule has 2 heteroatoms. The molecule has 0 aliphatic heterocycles. The van der Waals surface area contributed by atoms with Crippen LogP contribution in [0.25, 0.3) is 0 Å². The zero-order valence-electron chi connectivity index (χ0n) is 6.89. The smallest absolute Gasteiger partial charge is 0.0467 e. The van der Waals surface area contributed by atoms with Crippen molar-refractivity contribution in [2.75, 3.05) is 13.7 Å². The normalized spacial score (nSPS) is 39.3. The van der Waals surface area contributed by atoms with Crippen molar-refractivity contribution in [3.8, 4) is 0 Å². The summed E-state index contributed by atoms with van der Waals surface area (Å²) in [6.45, 7) is 3.17. The lowest BCUT2D eigenvalue weighted by Gasteiger charge is -2.43. The summed E-state index contributed by atoms with van der Waals surface area (Å²) in [7, 11) is 1.75. The van der Waals surface area contributed by atoms with E-state index in [0.717, 1.165) is 13.0 Å². The Hall–Kier alpha value is -0.0800. The first-order chi connectivity index (χ1) is 4.66. The van der Waals surface area contributed by atoms with Gasteiger partial charge in [0, 0.05) is 19.8 Å². The van der Waals surface area contributed by atoms with Crippen LogP contribution in [-0.4, -0.2) is 19.8 Å². The average molecular weight is 143 g/mol. The summed E-state index contributed by atoms with van der Waals surface area (Å²) < 4.78 is 5.01. The molecule has 10 heavy (non-hydrogen) atoms. The van der Waals surface area contributed by atoms with Crippen LogP contribution in [0.4, 0.5) is 0 Å². The van der Waals surface area contributed by atoms with Crippen LogP contribution in [0.3, 0.4) is 0 Å². The molecule has 0 aromatic carbocycles. The molecule has 0 bridgehead atoms. The Bertz CT molecular complexity index is 108. The second-order valence-electron chi connectivity index (χ2n) is 3.72. The molecule has 0 amide bonds. The van der Waals surface area contributed by atoms with Gasteiger partial charge in [0.05, 0.1) is 0 Å². The predicted molar refractivity (Wildman–Crippen MR) is 41.8 cm³/mol. The molecule has 0 heterocycles. The molecular weight excluding hydrogens is 126 g/mol. The van der Waals surface area contributed by atoms with Gasteiger partial charge >= 0.3 is 0 Å². The lowest BCUT2D eigenvalue weighted by molar-refractivity contribution is 0.0700. The molecule has 1 rings (SSSR count). The Kier molecular flexibility index (Phi) is 2.32. The summed E-state index contributed by atoms with van der Waals surface area (Å²) in [5, 5.41) is 0. The molecule has 0 radical (unpaired) electrons. The van der Waals surface area contributed by atoms with Crippen LogP contribution in [-0.2, 0) is 4.74 Å². The third-order valence-corrected chi connectivity index (χ3v) is 2.42. The molecule has 1 saturated carbocycles. The number of methoxy groups -OCH3 is 1. The maximum Gasteiger partial charge on any atom is 0.0467 e. The van der Waals surface area contributed by atoms with Gasteiger partial charge in [-0.05, 0) is 24.7 Å². The van der Waals surface area contributed by atoms with E-state index >= 15 is 0 Å². The van der Waals surface area contributed by atoms with Crippen LogP contribution in [0.2, 0.25) is 0 Å². The Morgan fingerprint density at radius 3 is 2.60 bits per heavy atom. The van der Waals surface area contributed by atoms with Crippen molar-refractivity contribution in [1.29, 1.82) is 0 Å².